The van der Waals surface area contributed by atoms with Crippen molar-refractivity contribution in [1.82, 2.24) is 0 Å². The number of carbonyl (C=O) groups is 1. The van der Waals surface area contributed by atoms with Gasteiger partial charge in [-0.25, -0.2) is 0 Å². The Hall–Kier alpha value is -2.29. The van der Waals surface area contributed by atoms with Crippen molar-refractivity contribution in [3.05, 3.63) is 60.2 Å². The smallest absolute Gasteiger partial charge is 0.255 e. The van der Waals surface area contributed by atoms with Gasteiger partial charge < -0.3 is 10.2 Å². The number of nitrogens with one attached hydrogen (secondary N) is 1. The van der Waals surface area contributed by atoms with Crippen LogP contribution in [0.1, 0.15) is 24.2 Å². The average molecular weight is 268 g/mol. The lowest BCUT2D eigenvalue weighted by atomic mass is 10.2. The fraction of sp³-hybridized carbons (Fsp3) is 0.235. The van der Waals surface area contributed by atoms with E-state index in [2.05, 4.69) is 30.1 Å². The molecular formula is C17H20N2O. The van der Waals surface area contributed by atoms with Gasteiger partial charge in [-0.05, 0) is 44.2 Å². The maximum atomic E-state index is 12.1. The van der Waals surface area contributed by atoms with E-state index in [1.54, 1.807) is 0 Å². The average Bonchev–Trinajstić information content (AvgIpc) is 2.50. The SMILES string of the molecule is CCN(CC)c1cccc(NC(=O)c2ccccc2)c1. The molecule has 1 amide bonds. The zero-order chi connectivity index (χ0) is 14.4. The number of nitrogens with zero attached hydrogens (tertiary/aromatic N) is 1. The summed E-state index contributed by atoms with van der Waals surface area (Å²) in [4.78, 5) is 14.4. The van der Waals surface area contributed by atoms with Crippen LogP contribution in [-0.2, 0) is 0 Å². The van der Waals surface area contributed by atoms with Crippen molar-refractivity contribution in [1.29, 1.82) is 0 Å². The van der Waals surface area contributed by atoms with Crippen LogP contribution in [0, 0.1) is 0 Å². The van der Waals surface area contributed by atoms with Crippen molar-refractivity contribution in [2.45, 2.75) is 13.8 Å². The molecule has 2 aromatic rings. The van der Waals surface area contributed by atoms with Crippen LogP contribution in [0.25, 0.3) is 0 Å². The molecule has 104 valence electrons. The second-order valence-corrected chi connectivity index (χ2v) is 4.54. The first-order chi connectivity index (χ1) is 9.74. The molecule has 0 atom stereocenters. The predicted octanol–water partition coefficient (Wildman–Crippen LogP) is 3.79. The number of amides is 1. The minimum Gasteiger partial charge on any atom is -0.372 e. The quantitative estimate of drug-likeness (QED) is 0.895. The molecule has 20 heavy (non-hydrogen) atoms. The summed E-state index contributed by atoms with van der Waals surface area (Å²) in [6.45, 7) is 6.15. The Morgan fingerprint density at radius 1 is 1.00 bits per heavy atom. The summed E-state index contributed by atoms with van der Waals surface area (Å²) in [5.41, 5.74) is 2.62. The molecule has 3 nitrogen and oxygen atoms in total. The highest BCUT2D eigenvalue weighted by atomic mass is 16.1. The predicted molar refractivity (Wildman–Crippen MR) is 84.4 cm³/mol. The van der Waals surface area contributed by atoms with Gasteiger partial charge in [0, 0.05) is 30.0 Å². The van der Waals surface area contributed by atoms with Crippen LogP contribution in [0.2, 0.25) is 0 Å². The Kier molecular flexibility index (Phi) is 4.77. The summed E-state index contributed by atoms with van der Waals surface area (Å²) in [7, 11) is 0. The molecule has 1 N–H and O–H groups in total. The first kappa shape index (κ1) is 14.1. The van der Waals surface area contributed by atoms with Crippen molar-refractivity contribution in [2.24, 2.45) is 0 Å². The lowest BCUT2D eigenvalue weighted by molar-refractivity contribution is 0.102. The molecule has 0 fully saturated rings. The number of carbonyl (C=O) groups excluding carboxylic acids is 1. The maximum absolute atomic E-state index is 12.1. The van der Waals surface area contributed by atoms with E-state index < -0.39 is 0 Å². The van der Waals surface area contributed by atoms with Gasteiger partial charge in [-0.15, -0.1) is 0 Å². The van der Waals surface area contributed by atoms with E-state index in [0.717, 1.165) is 24.5 Å². The minimum absolute atomic E-state index is 0.0812. The Balaban J connectivity index is 2.14. The molecule has 0 unspecified atom stereocenters. The van der Waals surface area contributed by atoms with Crippen molar-refractivity contribution < 1.29 is 4.79 Å². The van der Waals surface area contributed by atoms with Crippen molar-refractivity contribution in [3.8, 4) is 0 Å². The number of benzene rings is 2. The zero-order valence-electron chi connectivity index (χ0n) is 12.0. The second-order valence-electron chi connectivity index (χ2n) is 4.54. The van der Waals surface area contributed by atoms with Gasteiger partial charge in [0.15, 0.2) is 0 Å². The summed E-state index contributed by atoms with van der Waals surface area (Å²) >= 11 is 0. The first-order valence-corrected chi connectivity index (χ1v) is 6.96. The van der Waals surface area contributed by atoms with Crippen LogP contribution >= 0.6 is 0 Å². The molecule has 0 bridgehead atoms. The van der Waals surface area contributed by atoms with Gasteiger partial charge in [0.1, 0.15) is 0 Å². The molecule has 0 spiro atoms. The van der Waals surface area contributed by atoms with Crippen LogP contribution in [-0.4, -0.2) is 19.0 Å². The van der Waals surface area contributed by atoms with E-state index in [1.165, 1.54) is 0 Å². The van der Waals surface area contributed by atoms with Crippen LogP contribution in [0.5, 0.6) is 0 Å². The van der Waals surface area contributed by atoms with E-state index in [1.807, 2.05) is 48.5 Å². The Bertz CT molecular complexity index is 562. The lowest BCUT2D eigenvalue weighted by Gasteiger charge is -2.21. The number of hydrogen-bond donors (Lipinski definition) is 1. The Morgan fingerprint density at radius 3 is 2.35 bits per heavy atom. The molecule has 0 aromatic heterocycles. The van der Waals surface area contributed by atoms with Gasteiger partial charge in [0.2, 0.25) is 0 Å². The van der Waals surface area contributed by atoms with Gasteiger partial charge in [-0.1, -0.05) is 24.3 Å². The van der Waals surface area contributed by atoms with Gasteiger partial charge in [-0.2, -0.15) is 0 Å². The lowest BCUT2D eigenvalue weighted by Crippen LogP contribution is -2.22. The molecule has 0 radical (unpaired) electrons. The molecular weight excluding hydrogens is 248 g/mol. The standard InChI is InChI=1S/C17H20N2O/c1-3-19(4-2)16-12-8-11-15(13-16)18-17(20)14-9-6-5-7-10-14/h5-13H,3-4H2,1-2H3,(H,18,20). The summed E-state index contributed by atoms with van der Waals surface area (Å²) in [5.74, 6) is -0.0812. The molecule has 0 heterocycles. The number of anilines is 2. The summed E-state index contributed by atoms with van der Waals surface area (Å²) in [6.07, 6.45) is 0. The monoisotopic (exact) mass is 268 g/mol. The minimum atomic E-state index is -0.0812. The maximum Gasteiger partial charge on any atom is 0.255 e. The van der Waals surface area contributed by atoms with Crippen molar-refractivity contribution >= 4 is 17.3 Å². The van der Waals surface area contributed by atoms with Gasteiger partial charge in [-0.3, -0.25) is 4.79 Å². The number of rotatable bonds is 5. The fourth-order valence-corrected chi connectivity index (χ4v) is 2.16. The highest BCUT2D eigenvalue weighted by molar-refractivity contribution is 6.04. The van der Waals surface area contributed by atoms with Crippen LogP contribution in [0.15, 0.2) is 54.6 Å². The van der Waals surface area contributed by atoms with Gasteiger partial charge in [0.25, 0.3) is 5.91 Å². The van der Waals surface area contributed by atoms with Crippen molar-refractivity contribution in [3.63, 3.8) is 0 Å². The third kappa shape index (κ3) is 3.38. The van der Waals surface area contributed by atoms with E-state index in [0.29, 0.717) is 5.56 Å². The third-order valence-electron chi connectivity index (χ3n) is 3.27. The fourth-order valence-electron chi connectivity index (χ4n) is 2.16. The Labute approximate surface area is 120 Å². The van der Waals surface area contributed by atoms with E-state index in [9.17, 15) is 4.79 Å². The summed E-state index contributed by atoms with van der Waals surface area (Å²) in [5, 5.41) is 2.94. The largest absolute Gasteiger partial charge is 0.372 e. The highest BCUT2D eigenvalue weighted by Crippen LogP contribution is 2.19. The summed E-state index contributed by atoms with van der Waals surface area (Å²) in [6, 6.07) is 17.2. The molecule has 0 saturated carbocycles. The van der Waals surface area contributed by atoms with Crippen LogP contribution in [0.4, 0.5) is 11.4 Å². The second kappa shape index (κ2) is 6.75. The third-order valence-corrected chi connectivity index (χ3v) is 3.27. The van der Waals surface area contributed by atoms with E-state index in [4.69, 9.17) is 0 Å². The van der Waals surface area contributed by atoms with Gasteiger partial charge >= 0.3 is 0 Å². The molecule has 0 aliphatic carbocycles. The van der Waals surface area contributed by atoms with E-state index >= 15 is 0 Å². The van der Waals surface area contributed by atoms with Gasteiger partial charge in [0.05, 0.1) is 0 Å². The molecule has 2 aromatic carbocycles. The van der Waals surface area contributed by atoms with Crippen LogP contribution < -0.4 is 10.2 Å². The molecule has 2 rings (SSSR count). The topological polar surface area (TPSA) is 32.3 Å². The summed E-state index contributed by atoms with van der Waals surface area (Å²) < 4.78 is 0. The molecule has 0 saturated heterocycles. The Morgan fingerprint density at radius 2 is 1.70 bits per heavy atom. The van der Waals surface area contributed by atoms with Crippen LogP contribution in [0.3, 0.4) is 0 Å². The molecule has 3 heteroatoms. The zero-order valence-corrected chi connectivity index (χ0v) is 12.0. The highest BCUT2D eigenvalue weighted by Gasteiger charge is 2.07. The first-order valence-electron chi connectivity index (χ1n) is 6.96. The van der Waals surface area contributed by atoms with E-state index in [-0.39, 0.29) is 5.91 Å². The molecule has 0 aliphatic rings. The number of hydrogen-bond acceptors (Lipinski definition) is 2. The normalized spacial score (nSPS) is 10.1. The van der Waals surface area contributed by atoms with Crippen molar-refractivity contribution in [2.75, 3.05) is 23.3 Å². The molecule has 0 aliphatic heterocycles.